The van der Waals surface area contributed by atoms with Gasteiger partial charge in [0, 0.05) is 6.04 Å². The molecule has 0 heterocycles. The number of amides is 1. The van der Waals surface area contributed by atoms with Gasteiger partial charge in [-0.25, -0.2) is 4.79 Å². The summed E-state index contributed by atoms with van der Waals surface area (Å²) in [4.78, 5) is 10.3. The van der Waals surface area contributed by atoms with Gasteiger partial charge in [0.25, 0.3) is 0 Å². The number of hydrogen-bond donors (Lipinski definition) is 3. The van der Waals surface area contributed by atoms with Crippen LogP contribution in [0.2, 0.25) is 0 Å². The van der Waals surface area contributed by atoms with E-state index in [1.165, 1.54) is 0 Å². The molecule has 1 amide bonds. The monoisotopic (exact) mass is 186 g/mol. The Morgan fingerprint density at radius 3 is 2.46 bits per heavy atom. The van der Waals surface area contributed by atoms with Crippen molar-refractivity contribution in [2.45, 2.75) is 38.1 Å². The van der Waals surface area contributed by atoms with E-state index in [2.05, 4.69) is 5.32 Å². The average Bonchev–Trinajstić information content (AvgIpc) is 2.08. The second-order valence-corrected chi connectivity index (χ2v) is 3.74. The summed E-state index contributed by atoms with van der Waals surface area (Å²) in [5.41, 5.74) is 5.46. The minimum atomic E-state index is -0.901. The first-order valence-electron chi connectivity index (χ1n) is 4.92. The van der Waals surface area contributed by atoms with Crippen molar-refractivity contribution in [2.24, 2.45) is 11.7 Å². The molecule has 1 aliphatic rings. The zero-order valence-electron chi connectivity index (χ0n) is 7.83. The smallest absolute Gasteiger partial charge is 0.404 e. The molecule has 4 N–H and O–H groups in total. The molecule has 13 heavy (non-hydrogen) atoms. The van der Waals surface area contributed by atoms with Crippen molar-refractivity contribution < 1.29 is 9.90 Å². The maximum absolute atomic E-state index is 10.3. The SMILES string of the molecule is NCCC1CCC(NC(=O)O)CC1. The van der Waals surface area contributed by atoms with Gasteiger partial charge in [0.2, 0.25) is 0 Å². The highest BCUT2D eigenvalue weighted by Crippen LogP contribution is 2.26. The first kappa shape index (κ1) is 10.3. The fourth-order valence-corrected chi connectivity index (χ4v) is 2.01. The second-order valence-electron chi connectivity index (χ2n) is 3.74. The molecule has 0 atom stereocenters. The summed E-state index contributed by atoms with van der Waals surface area (Å²) in [5.74, 6) is 0.719. The molecule has 1 saturated carbocycles. The van der Waals surface area contributed by atoms with E-state index < -0.39 is 6.09 Å². The van der Waals surface area contributed by atoms with Crippen LogP contribution in [0, 0.1) is 5.92 Å². The van der Waals surface area contributed by atoms with Crippen molar-refractivity contribution in [1.82, 2.24) is 5.32 Å². The lowest BCUT2D eigenvalue weighted by molar-refractivity contribution is 0.182. The zero-order chi connectivity index (χ0) is 9.68. The number of nitrogens with two attached hydrogens (primary N) is 1. The highest BCUT2D eigenvalue weighted by atomic mass is 16.4. The van der Waals surface area contributed by atoms with E-state index in [9.17, 15) is 4.79 Å². The van der Waals surface area contributed by atoms with E-state index in [0.717, 1.165) is 44.6 Å². The lowest BCUT2D eigenvalue weighted by Gasteiger charge is -2.27. The predicted octanol–water partition coefficient (Wildman–Crippen LogP) is 1.16. The number of hydrogen-bond acceptors (Lipinski definition) is 2. The lowest BCUT2D eigenvalue weighted by Crippen LogP contribution is -2.36. The van der Waals surface area contributed by atoms with Gasteiger partial charge in [-0.15, -0.1) is 0 Å². The van der Waals surface area contributed by atoms with Crippen LogP contribution in [0.15, 0.2) is 0 Å². The summed E-state index contributed by atoms with van der Waals surface area (Å²) in [6, 6.07) is 0.173. The van der Waals surface area contributed by atoms with E-state index in [4.69, 9.17) is 10.8 Å². The topological polar surface area (TPSA) is 75.3 Å². The van der Waals surface area contributed by atoms with Gasteiger partial charge in [-0.3, -0.25) is 0 Å². The van der Waals surface area contributed by atoms with E-state index in [1.54, 1.807) is 0 Å². The molecule has 0 radical (unpaired) electrons. The average molecular weight is 186 g/mol. The molecular weight excluding hydrogens is 168 g/mol. The summed E-state index contributed by atoms with van der Waals surface area (Å²) in [5, 5.41) is 11.0. The van der Waals surface area contributed by atoms with E-state index >= 15 is 0 Å². The van der Waals surface area contributed by atoms with Crippen molar-refractivity contribution in [3.8, 4) is 0 Å². The van der Waals surface area contributed by atoms with E-state index in [1.807, 2.05) is 0 Å². The van der Waals surface area contributed by atoms with Gasteiger partial charge >= 0.3 is 6.09 Å². The number of nitrogens with one attached hydrogen (secondary N) is 1. The van der Waals surface area contributed by atoms with Gasteiger partial charge in [0.1, 0.15) is 0 Å². The highest BCUT2D eigenvalue weighted by molar-refractivity contribution is 5.64. The molecule has 1 aliphatic carbocycles. The molecule has 0 aliphatic heterocycles. The van der Waals surface area contributed by atoms with Crippen molar-refractivity contribution in [2.75, 3.05) is 6.54 Å². The van der Waals surface area contributed by atoms with Crippen LogP contribution in [0.3, 0.4) is 0 Å². The predicted molar refractivity (Wildman–Crippen MR) is 50.6 cm³/mol. The summed E-state index contributed by atoms with van der Waals surface area (Å²) in [7, 11) is 0. The molecule has 0 aromatic heterocycles. The Balaban J connectivity index is 2.18. The third-order valence-corrected chi connectivity index (χ3v) is 2.75. The second kappa shape index (κ2) is 5.07. The quantitative estimate of drug-likeness (QED) is 0.619. The van der Waals surface area contributed by atoms with Gasteiger partial charge in [-0.2, -0.15) is 0 Å². The maximum atomic E-state index is 10.3. The van der Waals surface area contributed by atoms with E-state index in [-0.39, 0.29) is 6.04 Å². The summed E-state index contributed by atoms with van der Waals surface area (Å²) in [6.45, 7) is 0.752. The van der Waals surface area contributed by atoms with Crippen molar-refractivity contribution >= 4 is 6.09 Å². The Labute approximate surface area is 78.5 Å². The molecule has 0 unspecified atom stereocenters. The molecule has 0 saturated heterocycles. The molecule has 1 fully saturated rings. The minimum absolute atomic E-state index is 0.173. The normalized spacial score (nSPS) is 28.4. The first-order chi connectivity index (χ1) is 6.22. The fraction of sp³-hybridized carbons (Fsp3) is 0.889. The molecule has 4 nitrogen and oxygen atoms in total. The molecule has 76 valence electrons. The molecule has 0 bridgehead atoms. The van der Waals surface area contributed by atoms with Gasteiger partial charge in [0.05, 0.1) is 0 Å². The van der Waals surface area contributed by atoms with Gasteiger partial charge < -0.3 is 16.2 Å². The van der Waals surface area contributed by atoms with Crippen LogP contribution in [-0.2, 0) is 0 Å². The molecular formula is C9H18N2O2. The molecule has 0 aromatic rings. The third-order valence-electron chi connectivity index (χ3n) is 2.75. The zero-order valence-corrected chi connectivity index (χ0v) is 7.83. The summed E-state index contributed by atoms with van der Waals surface area (Å²) < 4.78 is 0. The van der Waals surface area contributed by atoms with Crippen LogP contribution in [-0.4, -0.2) is 23.8 Å². The molecule has 4 heteroatoms. The van der Waals surface area contributed by atoms with Crippen LogP contribution in [0.4, 0.5) is 4.79 Å². The Hall–Kier alpha value is -0.770. The van der Waals surface area contributed by atoms with Crippen LogP contribution >= 0.6 is 0 Å². The van der Waals surface area contributed by atoms with Gasteiger partial charge in [0.15, 0.2) is 0 Å². The van der Waals surface area contributed by atoms with E-state index in [0.29, 0.717) is 0 Å². The van der Waals surface area contributed by atoms with Crippen molar-refractivity contribution in [3.63, 3.8) is 0 Å². The standard InChI is InChI=1S/C9H18N2O2/c10-6-5-7-1-3-8(4-2-7)11-9(12)13/h7-8,11H,1-6,10H2,(H,12,13). The van der Waals surface area contributed by atoms with Crippen molar-refractivity contribution in [1.29, 1.82) is 0 Å². The van der Waals surface area contributed by atoms with Crippen LogP contribution < -0.4 is 11.1 Å². The third kappa shape index (κ3) is 3.63. The van der Waals surface area contributed by atoms with Gasteiger partial charge in [-0.05, 0) is 44.6 Å². The Kier molecular flexibility index (Phi) is 4.02. The number of rotatable bonds is 3. The van der Waals surface area contributed by atoms with Gasteiger partial charge in [-0.1, -0.05) is 0 Å². The van der Waals surface area contributed by atoms with Crippen LogP contribution in [0.25, 0.3) is 0 Å². The summed E-state index contributed by atoms with van der Waals surface area (Å²) >= 11 is 0. The lowest BCUT2D eigenvalue weighted by atomic mass is 9.84. The fourth-order valence-electron chi connectivity index (χ4n) is 2.01. The first-order valence-corrected chi connectivity index (χ1v) is 4.92. The van der Waals surface area contributed by atoms with Crippen LogP contribution in [0.1, 0.15) is 32.1 Å². The Morgan fingerprint density at radius 2 is 2.00 bits per heavy atom. The Bertz CT molecular complexity index is 165. The molecule has 1 rings (SSSR count). The number of carboxylic acid groups (broad SMARTS) is 1. The Morgan fingerprint density at radius 1 is 1.38 bits per heavy atom. The van der Waals surface area contributed by atoms with Crippen molar-refractivity contribution in [3.05, 3.63) is 0 Å². The molecule has 0 spiro atoms. The number of carbonyl (C=O) groups is 1. The largest absolute Gasteiger partial charge is 0.465 e. The molecule has 0 aromatic carbocycles. The van der Waals surface area contributed by atoms with Crippen LogP contribution in [0.5, 0.6) is 0 Å². The summed E-state index contributed by atoms with van der Waals surface area (Å²) in [6.07, 6.45) is 4.35. The highest BCUT2D eigenvalue weighted by Gasteiger charge is 2.21. The maximum Gasteiger partial charge on any atom is 0.404 e. The minimum Gasteiger partial charge on any atom is -0.465 e.